The summed E-state index contributed by atoms with van der Waals surface area (Å²) in [7, 11) is 0. The molecule has 0 spiro atoms. The van der Waals surface area contributed by atoms with Crippen molar-refractivity contribution in [3.63, 3.8) is 0 Å². The van der Waals surface area contributed by atoms with Gasteiger partial charge in [0, 0.05) is 12.1 Å². The number of hydrogen-bond acceptors (Lipinski definition) is 3. The molecule has 1 aromatic carbocycles. The standard InChI is InChI=1S/C16H25NO2/c1-3-19-16-10-4-13(5-11-16)12(2)17-14-6-8-15(18)9-7-14/h4-5,10-12,14-15,17-18H,3,6-9H2,1-2H3. The Labute approximate surface area is 116 Å². The van der Waals surface area contributed by atoms with Gasteiger partial charge in [0.2, 0.25) is 0 Å². The Balaban J connectivity index is 1.86. The normalized spacial score (nSPS) is 25.0. The summed E-state index contributed by atoms with van der Waals surface area (Å²) in [4.78, 5) is 0. The Kier molecular flexibility index (Phi) is 5.23. The highest BCUT2D eigenvalue weighted by atomic mass is 16.5. The average Bonchev–Trinajstić information content (AvgIpc) is 2.42. The number of aliphatic hydroxyl groups excluding tert-OH is 1. The van der Waals surface area contributed by atoms with E-state index in [-0.39, 0.29) is 6.10 Å². The van der Waals surface area contributed by atoms with Gasteiger partial charge in [-0.2, -0.15) is 0 Å². The summed E-state index contributed by atoms with van der Waals surface area (Å²) in [6.07, 6.45) is 3.91. The van der Waals surface area contributed by atoms with Crippen LogP contribution in [0, 0.1) is 0 Å². The molecule has 1 saturated carbocycles. The first-order valence-corrected chi connectivity index (χ1v) is 7.36. The lowest BCUT2D eigenvalue weighted by molar-refractivity contribution is 0.114. The Bertz CT molecular complexity index is 369. The third kappa shape index (κ3) is 4.22. The molecule has 1 atom stereocenters. The predicted molar refractivity (Wildman–Crippen MR) is 77.4 cm³/mol. The highest BCUT2D eigenvalue weighted by Crippen LogP contribution is 2.23. The molecule has 1 aliphatic carbocycles. The smallest absolute Gasteiger partial charge is 0.119 e. The number of benzene rings is 1. The van der Waals surface area contributed by atoms with Gasteiger partial charge in [-0.3, -0.25) is 0 Å². The fraction of sp³-hybridized carbons (Fsp3) is 0.625. The highest BCUT2D eigenvalue weighted by Gasteiger charge is 2.20. The lowest BCUT2D eigenvalue weighted by atomic mass is 9.92. The van der Waals surface area contributed by atoms with Crippen molar-refractivity contribution in [2.24, 2.45) is 0 Å². The van der Waals surface area contributed by atoms with E-state index in [1.54, 1.807) is 0 Å². The second kappa shape index (κ2) is 6.92. The largest absolute Gasteiger partial charge is 0.494 e. The molecule has 2 N–H and O–H groups in total. The number of aliphatic hydroxyl groups is 1. The zero-order valence-electron chi connectivity index (χ0n) is 11.9. The lowest BCUT2D eigenvalue weighted by Gasteiger charge is -2.29. The fourth-order valence-electron chi connectivity index (χ4n) is 2.71. The van der Waals surface area contributed by atoms with Gasteiger partial charge >= 0.3 is 0 Å². The molecule has 1 unspecified atom stereocenters. The van der Waals surface area contributed by atoms with Crippen molar-refractivity contribution in [1.82, 2.24) is 5.32 Å². The Morgan fingerprint density at radius 2 is 1.84 bits per heavy atom. The van der Waals surface area contributed by atoms with Gasteiger partial charge in [-0.15, -0.1) is 0 Å². The maximum absolute atomic E-state index is 9.52. The maximum atomic E-state index is 9.52. The molecule has 1 aromatic rings. The van der Waals surface area contributed by atoms with Crippen LogP contribution in [0.4, 0.5) is 0 Å². The van der Waals surface area contributed by atoms with Gasteiger partial charge in [-0.25, -0.2) is 0 Å². The molecular weight excluding hydrogens is 238 g/mol. The Morgan fingerprint density at radius 1 is 1.21 bits per heavy atom. The molecule has 1 fully saturated rings. The number of hydrogen-bond donors (Lipinski definition) is 2. The average molecular weight is 263 g/mol. The first-order chi connectivity index (χ1) is 9.19. The summed E-state index contributed by atoms with van der Waals surface area (Å²) in [5.41, 5.74) is 1.29. The third-order valence-corrected chi connectivity index (χ3v) is 3.87. The first kappa shape index (κ1) is 14.4. The van der Waals surface area contributed by atoms with Crippen molar-refractivity contribution in [1.29, 1.82) is 0 Å². The van der Waals surface area contributed by atoms with Crippen molar-refractivity contribution >= 4 is 0 Å². The molecule has 3 heteroatoms. The fourth-order valence-corrected chi connectivity index (χ4v) is 2.71. The van der Waals surface area contributed by atoms with Gasteiger partial charge < -0.3 is 15.2 Å². The van der Waals surface area contributed by atoms with E-state index < -0.39 is 0 Å². The number of ether oxygens (including phenoxy) is 1. The summed E-state index contributed by atoms with van der Waals surface area (Å²) in [6.45, 7) is 4.90. The van der Waals surface area contributed by atoms with E-state index in [1.807, 2.05) is 19.1 Å². The van der Waals surface area contributed by atoms with Crippen LogP contribution in [0.5, 0.6) is 5.75 Å². The molecule has 2 rings (SSSR count). The number of nitrogens with one attached hydrogen (secondary N) is 1. The van der Waals surface area contributed by atoms with E-state index in [9.17, 15) is 5.11 Å². The second-order valence-electron chi connectivity index (χ2n) is 5.40. The van der Waals surface area contributed by atoms with Gasteiger partial charge in [-0.05, 0) is 57.2 Å². The molecule has 0 aromatic heterocycles. The van der Waals surface area contributed by atoms with Gasteiger partial charge in [-0.1, -0.05) is 12.1 Å². The van der Waals surface area contributed by atoms with Gasteiger partial charge in [0.25, 0.3) is 0 Å². The molecule has 19 heavy (non-hydrogen) atoms. The Hall–Kier alpha value is -1.06. The Morgan fingerprint density at radius 3 is 2.42 bits per heavy atom. The molecule has 1 aliphatic rings. The monoisotopic (exact) mass is 263 g/mol. The predicted octanol–water partition coefficient (Wildman–Crippen LogP) is 3.04. The van der Waals surface area contributed by atoms with Gasteiger partial charge in [0.1, 0.15) is 5.75 Å². The molecule has 106 valence electrons. The molecule has 0 amide bonds. The van der Waals surface area contributed by atoms with Crippen molar-refractivity contribution in [2.75, 3.05) is 6.61 Å². The van der Waals surface area contributed by atoms with Crippen molar-refractivity contribution in [3.05, 3.63) is 29.8 Å². The van der Waals surface area contributed by atoms with E-state index >= 15 is 0 Å². The molecule has 0 bridgehead atoms. The molecule has 0 aliphatic heterocycles. The SMILES string of the molecule is CCOc1ccc(C(C)NC2CCC(O)CC2)cc1. The van der Waals surface area contributed by atoms with Crippen LogP contribution in [0.1, 0.15) is 51.1 Å². The lowest BCUT2D eigenvalue weighted by Crippen LogP contribution is -2.36. The maximum Gasteiger partial charge on any atom is 0.119 e. The minimum Gasteiger partial charge on any atom is -0.494 e. The third-order valence-electron chi connectivity index (χ3n) is 3.87. The van der Waals surface area contributed by atoms with Crippen LogP contribution < -0.4 is 10.1 Å². The van der Waals surface area contributed by atoms with Crippen molar-refractivity contribution in [3.8, 4) is 5.75 Å². The topological polar surface area (TPSA) is 41.5 Å². The molecule has 3 nitrogen and oxygen atoms in total. The zero-order chi connectivity index (χ0) is 13.7. The summed E-state index contributed by atoms with van der Waals surface area (Å²) in [6, 6.07) is 9.19. The second-order valence-corrected chi connectivity index (χ2v) is 5.40. The van der Waals surface area contributed by atoms with E-state index in [0.29, 0.717) is 18.7 Å². The minimum atomic E-state index is -0.0844. The summed E-state index contributed by atoms with van der Waals surface area (Å²) in [5, 5.41) is 13.2. The zero-order valence-corrected chi connectivity index (χ0v) is 11.9. The summed E-state index contributed by atoms with van der Waals surface area (Å²) >= 11 is 0. The highest BCUT2D eigenvalue weighted by molar-refractivity contribution is 5.29. The summed E-state index contributed by atoms with van der Waals surface area (Å²) in [5.74, 6) is 0.930. The van der Waals surface area contributed by atoms with Crippen LogP contribution in [0.15, 0.2) is 24.3 Å². The quantitative estimate of drug-likeness (QED) is 0.858. The van der Waals surface area contributed by atoms with Gasteiger partial charge in [0.05, 0.1) is 12.7 Å². The van der Waals surface area contributed by atoms with E-state index in [4.69, 9.17) is 4.74 Å². The van der Waals surface area contributed by atoms with Crippen LogP contribution in [0.25, 0.3) is 0 Å². The molecule has 0 radical (unpaired) electrons. The van der Waals surface area contributed by atoms with E-state index in [1.165, 1.54) is 5.56 Å². The molecule has 0 saturated heterocycles. The van der Waals surface area contributed by atoms with Gasteiger partial charge in [0.15, 0.2) is 0 Å². The van der Waals surface area contributed by atoms with Crippen LogP contribution in [-0.2, 0) is 0 Å². The minimum absolute atomic E-state index is 0.0844. The molecular formula is C16H25NO2. The molecule has 0 heterocycles. The number of rotatable bonds is 5. The van der Waals surface area contributed by atoms with E-state index in [0.717, 1.165) is 31.4 Å². The summed E-state index contributed by atoms with van der Waals surface area (Å²) < 4.78 is 5.45. The van der Waals surface area contributed by atoms with Crippen LogP contribution >= 0.6 is 0 Å². The van der Waals surface area contributed by atoms with Crippen LogP contribution in [0.2, 0.25) is 0 Å². The van der Waals surface area contributed by atoms with Crippen molar-refractivity contribution in [2.45, 2.75) is 57.7 Å². The van der Waals surface area contributed by atoms with Crippen LogP contribution in [0.3, 0.4) is 0 Å². The first-order valence-electron chi connectivity index (χ1n) is 7.36. The van der Waals surface area contributed by atoms with Crippen LogP contribution in [-0.4, -0.2) is 23.9 Å². The van der Waals surface area contributed by atoms with E-state index in [2.05, 4.69) is 24.4 Å². The van der Waals surface area contributed by atoms with Crippen molar-refractivity contribution < 1.29 is 9.84 Å².